The second-order valence-corrected chi connectivity index (χ2v) is 7.95. The van der Waals surface area contributed by atoms with Crippen molar-refractivity contribution in [2.45, 2.75) is 45.6 Å². The smallest absolute Gasteiger partial charge is 0.257 e. The van der Waals surface area contributed by atoms with Crippen molar-refractivity contribution in [3.8, 4) is 11.3 Å². The van der Waals surface area contributed by atoms with Gasteiger partial charge in [0.15, 0.2) is 0 Å². The van der Waals surface area contributed by atoms with Gasteiger partial charge in [-0.25, -0.2) is 0 Å². The van der Waals surface area contributed by atoms with Crippen molar-refractivity contribution in [1.82, 2.24) is 10.5 Å². The molecule has 2 saturated carbocycles. The molecule has 1 N–H and O–H groups in total. The zero-order valence-corrected chi connectivity index (χ0v) is 15.3. The lowest BCUT2D eigenvalue weighted by molar-refractivity contribution is 0.0914. The fourth-order valence-corrected chi connectivity index (χ4v) is 4.99. The molecule has 1 aromatic heterocycles. The number of aromatic nitrogens is 1. The number of amides is 1. The van der Waals surface area contributed by atoms with Gasteiger partial charge in [0, 0.05) is 11.6 Å². The minimum atomic E-state index is -0.121. The summed E-state index contributed by atoms with van der Waals surface area (Å²) < 4.78 is 5.31. The lowest BCUT2D eigenvalue weighted by atomic mass is 9.84. The van der Waals surface area contributed by atoms with Gasteiger partial charge in [0.1, 0.15) is 17.0 Å². The Hall–Kier alpha value is -1.81. The number of fused-ring (bicyclic) bond motifs is 2. The predicted molar refractivity (Wildman–Crippen MR) is 97.6 cm³/mol. The van der Waals surface area contributed by atoms with E-state index in [2.05, 4.69) is 17.4 Å². The van der Waals surface area contributed by atoms with Gasteiger partial charge in [-0.3, -0.25) is 4.79 Å². The summed E-state index contributed by atoms with van der Waals surface area (Å²) in [6.45, 7) is 3.89. The second-order valence-electron chi connectivity index (χ2n) is 7.54. The van der Waals surface area contributed by atoms with E-state index in [-0.39, 0.29) is 11.9 Å². The summed E-state index contributed by atoms with van der Waals surface area (Å²) in [5.41, 5.74) is 1.72. The molecule has 2 fully saturated rings. The number of aryl methyl sites for hydroxylation is 1. The number of nitrogens with zero attached hydrogens (tertiary/aromatic N) is 1. The lowest BCUT2D eigenvalue weighted by Gasteiger charge is -2.28. The van der Waals surface area contributed by atoms with Gasteiger partial charge >= 0.3 is 0 Å². The Kier molecular flexibility index (Phi) is 4.32. The quantitative estimate of drug-likeness (QED) is 0.849. The first-order valence-corrected chi connectivity index (χ1v) is 9.44. The van der Waals surface area contributed by atoms with Crippen LogP contribution >= 0.6 is 11.6 Å². The monoisotopic (exact) mass is 358 g/mol. The van der Waals surface area contributed by atoms with Crippen LogP contribution in [0.4, 0.5) is 0 Å². The van der Waals surface area contributed by atoms with Gasteiger partial charge in [-0.1, -0.05) is 41.4 Å². The second kappa shape index (κ2) is 6.49. The first kappa shape index (κ1) is 16.6. The molecule has 0 unspecified atom stereocenters. The molecular formula is C20H23ClN2O2. The lowest BCUT2D eigenvalue weighted by Crippen LogP contribution is -2.40. The Bertz CT molecular complexity index is 801. The molecule has 5 heteroatoms. The Morgan fingerprint density at radius 1 is 1.32 bits per heavy atom. The zero-order chi connectivity index (χ0) is 17.6. The molecule has 1 amide bonds. The van der Waals surface area contributed by atoms with Gasteiger partial charge in [-0.2, -0.15) is 0 Å². The molecule has 0 radical (unpaired) electrons. The highest BCUT2D eigenvalue weighted by molar-refractivity contribution is 6.33. The number of hydrogen-bond donors (Lipinski definition) is 1. The van der Waals surface area contributed by atoms with Gasteiger partial charge in [0.25, 0.3) is 5.91 Å². The van der Waals surface area contributed by atoms with Crippen LogP contribution in [0.2, 0.25) is 5.02 Å². The fourth-order valence-electron chi connectivity index (χ4n) is 4.77. The first-order chi connectivity index (χ1) is 12.0. The standard InChI is InChI=1S/C20H23ClN2O2/c1-11(16-10-13-7-8-14(16)9-13)22-20(24)18-12(2)25-23-19(18)15-5-3-4-6-17(15)21/h3-6,11,13-14,16H,7-10H2,1-2H3,(H,22,24)/t11-,13+,14-,16+/m0/s1. The number of nitrogens with one attached hydrogen (secondary N) is 1. The normalized spacial score (nSPS) is 26.0. The van der Waals surface area contributed by atoms with Gasteiger partial charge in [0.05, 0.1) is 5.02 Å². The van der Waals surface area contributed by atoms with E-state index in [9.17, 15) is 4.79 Å². The van der Waals surface area contributed by atoms with E-state index >= 15 is 0 Å². The van der Waals surface area contributed by atoms with Crippen LogP contribution in [0.25, 0.3) is 11.3 Å². The molecule has 1 aromatic carbocycles. The van der Waals surface area contributed by atoms with Crippen LogP contribution in [0, 0.1) is 24.7 Å². The van der Waals surface area contributed by atoms with Crippen LogP contribution in [0.3, 0.4) is 0 Å². The summed E-state index contributed by atoms with van der Waals surface area (Å²) >= 11 is 6.28. The third-order valence-corrected chi connectivity index (χ3v) is 6.34. The SMILES string of the molecule is Cc1onc(-c2ccccc2Cl)c1C(=O)N[C@@H](C)[C@H]1C[C@@H]2CC[C@H]1C2. The molecule has 4 atom stereocenters. The summed E-state index contributed by atoms with van der Waals surface area (Å²) in [4.78, 5) is 13.0. The van der Waals surface area contributed by atoms with Crippen molar-refractivity contribution in [1.29, 1.82) is 0 Å². The van der Waals surface area contributed by atoms with Crippen LogP contribution in [0.15, 0.2) is 28.8 Å². The first-order valence-electron chi connectivity index (χ1n) is 9.06. The predicted octanol–water partition coefficient (Wildman–Crippen LogP) is 4.86. The van der Waals surface area contributed by atoms with E-state index in [1.54, 1.807) is 13.0 Å². The maximum absolute atomic E-state index is 13.0. The summed E-state index contributed by atoms with van der Waals surface area (Å²) in [7, 11) is 0. The van der Waals surface area contributed by atoms with Crippen LogP contribution in [-0.4, -0.2) is 17.1 Å². The highest BCUT2D eigenvalue weighted by atomic mass is 35.5. The van der Waals surface area contributed by atoms with E-state index < -0.39 is 0 Å². The summed E-state index contributed by atoms with van der Waals surface area (Å²) in [6.07, 6.45) is 5.25. The minimum absolute atomic E-state index is 0.121. The van der Waals surface area contributed by atoms with Crippen molar-refractivity contribution < 1.29 is 9.32 Å². The van der Waals surface area contributed by atoms with E-state index in [1.807, 2.05) is 18.2 Å². The fraction of sp³-hybridized carbons (Fsp3) is 0.500. The average Bonchev–Trinajstić information content (AvgIpc) is 3.30. The number of halogens is 1. The van der Waals surface area contributed by atoms with E-state index in [4.69, 9.17) is 16.1 Å². The summed E-state index contributed by atoms with van der Waals surface area (Å²) in [5, 5.41) is 7.85. The largest absolute Gasteiger partial charge is 0.360 e. The number of hydrogen-bond acceptors (Lipinski definition) is 3. The summed E-state index contributed by atoms with van der Waals surface area (Å²) in [5.74, 6) is 2.63. The highest BCUT2D eigenvalue weighted by Crippen LogP contribution is 2.49. The van der Waals surface area contributed by atoms with Gasteiger partial charge in [0.2, 0.25) is 0 Å². The molecule has 4 nitrogen and oxygen atoms in total. The van der Waals surface area contributed by atoms with Gasteiger partial charge in [-0.05, 0) is 56.9 Å². The maximum atomic E-state index is 13.0. The van der Waals surface area contributed by atoms with Crippen molar-refractivity contribution >= 4 is 17.5 Å². The van der Waals surface area contributed by atoms with E-state index in [0.29, 0.717) is 28.0 Å². The number of carbonyl (C=O) groups is 1. The molecule has 0 aliphatic heterocycles. The Labute approximate surface area is 152 Å². The van der Waals surface area contributed by atoms with Crippen molar-refractivity contribution in [2.24, 2.45) is 17.8 Å². The molecule has 2 aliphatic carbocycles. The Morgan fingerprint density at radius 3 is 2.80 bits per heavy atom. The van der Waals surface area contributed by atoms with Crippen LogP contribution < -0.4 is 5.32 Å². The number of carbonyl (C=O) groups excluding carboxylic acids is 1. The van der Waals surface area contributed by atoms with Crippen LogP contribution in [-0.2, 0) is 0 Å². The number of benzene rings is 1. The van der Waals surface area contributed by atoms with Gasteiger partial charge < -0.3 is 9.84 Å². The van der Waals surface area contributed by atoms with Gasteiger partial charge in [-0.15, -0.1) is 0 Å². The van der Waals surface area contributed by atoms with Crippen LogP contribution in [0.5, 0.6) is 0 Å². The molecule has 2 aromatic rings. The molecule has 132 valence electrons. The minimum Gasteiger partial charge on any atom is -0.360 e. The van der Waals surface area contributed by atoms with Crippen molar-refractivity contribution in [3.05, 3.63) is 40.6 Å². The third-order valence-electron chi connectivity index (χ3n) is 6.01. The molecule has 0 spiro atoms. The topological polar surface area (TPSA) is 55.1 Å². The third kappa shape index (κ3) is 2.97. The molecule has 2 bridgehead atoms. The Balaban J connectivity index is 1.56. The molecule has 25 heavy (non-hydrogen) atoms. The zero-order valence-electron chi connectivity index (χ0n) is 14.6. The number of rotatable bonds is 4. The molecular weight excluding hydrogens is 336 g/mol. The highest BCUT2D eigenvalue weighted by Gasteiger charge is 2.42. The Morgan fingerprint density at radius 2 is 2.12 bits per heavy atom. The molecule has 4 rings (SSSR count). The molecule has 2 aliphatic rings. The van der Waals surface area contributed by atoms with Crippen molar-refractivity contribution in [3.63, 3.8) is 0 Å². The molecule has 0 saturated heterocycles. The molecule has 1 heterocycles. The van der Waals surface area contributed by atoms with E-state index in [1.165, 1.54) is 25.7 Å². The maximum Gasteiger partial charge on any atom is 0.257 e. The average molecular weight is 359 g/mol. The van der Waals surface area contributed by atoms with Crippen LogP contribution in [0.1, 0.15) is 48.7 Å². The van der Waals surface area contributed by atoms with Crippen molar-refractivity contribution in [2.75, 3.05) is 0 Å². The summed E-state index contributed by atoms with van der Waals surface area (Å²) in [6, 6.07) is 7.55. The van der Waals surface area contributed by atoms with E-state index in [0.717, 1.165) is 17.4 Å².